The van der Waals surface area contributed by atoms with Crippen LogP contribution in [0.4, 0.5) is 5.82 Å². The fraction of sp³-hybridized carbons (Fsp3) is 0.286. The van der Waals surface area contributed by atoms with E-state index < -0.39 is 12.0 Å². The van der Waals surface area contributed by atoms with E-state index in [2.05, 4.69) is 10.3 Å². The topological polar surface area (TPSA) is 62.2 Å². The molecular weight excluding hydrogens is 228 g/mol. The van der Waals surface area contributed by atoms with E-state index in [1.165, 1.54) is 0 Å². The number of nitrogens with one attached hydrogen (secondary N) is 1. The van der Waals surface area contributed by atoms with Gasteiger partial charge in [-0.2, -0.15) is 0 Å². The highest BCUT2D eigenvalue weighted by Gasteiger charge is 2.36. The Hall–Kier alpha value is -2.10. The normalized spacial score (nSPS) is 16.4. The van der Waals surface area contributed by atoms with Gasteiger partial charge in [-0.05, 0) is 30.2 Å². The summed E-state index contributed by atoms with van der Waals surface area (Å²) in [6.45, 7) is 0. The van der Waals surface area contributed by atoms with Gasteiger partial charge >= 0.3 is 5.97 Å². The Morgan fingerprint density at radius 1 is 1.33 bits per heavy atom. The summed E-state index contributed by atoms with van der Waals surface area (Å²) in [6, 6.07) is 9.24. The van der Waals surface area contributed by atoms with Crippen molar-refractivity contribution in [1.82, 2.24) is 4.98 Å². The number of aliphatic carboxylic acids is 1. The summed E-state index contributed by atoms with van der Waals surface area (Å²) in [5.74, 6) is 0.0999. The number of pyridine rings is 1. The van der Waals surface area contributed by atoms with Crippen LogP contribution in [0.15, 0.2) is 36.5 Å². The van der Waals surface area contributed by atoms with Crippen molar-refractivity contribution >= 4 is 22.6 Å². The van der Waals surface area contributed by atoms with E-state index in [9.17, 15) is 9.90 Å². The van der Waals surface area contributed by atoms with Crippen LogP contribution in [0.25, 0.3) is 10.8 Å². The van der Waals surface area contributed by atoms with E-state index in [-0.39, 0.29) is 5.92 Å². The molecule has 0 aliphatic heterocycles. The van der Waals surface area contributed by atoms with E-state index >= 15 is 0 Å². The molecule has 0 bridgehead atoms. The average Bonchev–Trinajstić information content (AvgIpc) is 3.20. The first-order valence-corrected chi connectivity index (χ1v) is 6.09. The highest BCUT2D eigenvalue weighted by Crippen LogP contribution is 2.35. The maximum Gasteiger partial charge on any atom is 0.326 e. The van der Waals surface area contributed by atoms with Gasteiger partial charge in [-0.25, -0.2) is 9.78 Å². The molecule has 4 heteroatoms. The third kappa shape index (κ3) is 2.01. The summed E-state index contributed by atoms with van der Waals surface area (Å²) in [5, 5.41) is 14.3. The molecule has 1 aliphatic rings. The second-order valence-corrected chi connectivity index (χ2v) is 4.68. The van der Waals surface area contributed by atoms with Crippen LogP contribution in [-0.4, -0.2) is 22.1 Å². The molecule has 1 saturated carbocycles. The van der Waals surface area contributed by atoms with Crippen LogP contribution < -0.4 is 5.32 Å². The molecule has 2 N–H and O–H groups in total. The van der Waals surface area contributed by atoms with Crippen LogP contribution in [0.5, 0.6) is 0 Å². The smallest absolute Gasteiger partial charge is 0.326 e. The van der Waals surface area contributed by atoms with Gasteiger partial charge in [0.05, 0.1) is 0 Å². The molecule has 1 fully saturated rings. The van der Waals surface area contributed by atoms with Gasteiger partial charge in [-0.15, -0.1) is 0 Å². The third-order valence-corrected chi connectivity index (χ3v) is 3.33. The van der Waals surface area contributed by atoms with Gasteiger partial charge in [0.1, 0.15) is 11.9 Å². The van der Waals surface area contributed by atoms with Crippen molar-refractivity contribution in [2.45, 2.75) is 18.9 Å². The lowest BCUT2D eigenvalue weighted by Gasteiger charge is -2.15. The zero-order valence-corrected chi connectivity index (χ0v) is 9.84. The fourth-order valence-corrected chi connectivity index (χ4v) is 2.19. The molecule has 0 spiro atoms. The van der Waals surface area contributed by atoms with Crippen LogP contribution in [-0.2, 0) is 4.79 Å². The standard InChI is InChI=1S/C14H14N2O2/c17-14(18)12(10-5-6-10)16-13-11-4-2-1-3-9(11)7-8-15-13/h1-4,7-8,10,12H,5-6H2,(H,15,16)(H,17,18). The Morgan fingerprint density at radius 3 is 2.83 bits per heavy atom. The summed E-state index contributed by atoms with van der Waals surface area (Å²) in [7, 11) is 0. The second kappa shape index (κ2) is 4.29. The number of rotatable bonds is 4. The quantitative estimate of drug-likeness (QED) is 0.864. The van der Waals surface area contributed by atoms with Crippen molar-refractivity contribution in [1.29, 1.82) is 0 Å². The number of benzene rings is 1. The van der Waals surface area contributed by atoms with Gasteiger partial charge in [-0.1, -0.05) is 24.3 Å². The molecule has 3 rings (SSSR count). The minimum Gasteiger partial charge on any atom is -0.480 e. The van der Waals surface area contributed by atoms with E-state index in [1.54, 1.807) is 6.20 Å². The van der Waals surface area contributed by atoms with Crippen molar-refractivity contribution in [3.63, 3.8) is 0 Å². The third-order valence-electron chi connectivity index (χ3n) is 3.33. The lowest BCUT2D eigenvalue weighted by atomic mass is 10.1. The number of carboxylic acid groups (broad SMARTS) is 1. The molecule has 0 amide bonds. The minimum atomic E-state index is -0.799. The molecule has 1 aromatic carbocycles. The Balaban J connectivity index is 1.96. The molecule has 1 aliphatic carbocycles. The highest BCUT2D eigenvalue weighted by molar-refractivity contribution is 5.93. The van der Waals surface area contributed by atoms with E-state index in [0.717, 1.165) is 23.6 Å². The molecule has 1 unspecified atom stereocenters. The molecular formula is C14H14N2O2. The first kappa shape index (κ1) is 11.0. The molecule has 2 aromatic rings. The maximum absolute atomic E-state index is 11.2. The Labute approximate surface area is 105 Å². The maximum atomic E-state index is 11.2. The Bertz CT molecular complexity index is 588. The van der Waals surface area contributed by atoms with E-state index in [0.29, 0.717) is 5.82 Å². The van der Waals surface area contributed by atoms with Gasteiger partial charge in [-0.3, -0.25) is 0 Å². The van der Waals surface area contributed by atoms with Gasteiger partial charge in [0.2, 0.25) is 0 Å². The minimum absolute atomic E-state index is 0.239. The Morgan fingerprint density at radius 2 is 2.11 bits per heavy atom. The van der Waals surface area contributed by atoms with Gasteiger partial charge in [0, 0.05) is 11.6 Å². The number of hydrogen-bond donors (Lipinski definition) is 2. The summed E-state index contributed by atoms with van der Waals surface area (Å²) in [5.41, 5.74) is 0. The molecule has 0 radical (unpaired) electrons. The van der Waals surface area contributed by atoms with Crippen LogP contribution in [0.2, 0.25) is 0 Å². The number of aromatic nitrogens is 1. The van der Waals surface area contributed by atoms with Crippen molar-refractivity contribution in [3.8, 4) is 0 Å². The average molecular weight is 242 g/mol. The largest absolute Gasteiger partial charge is 0.480 e. The van der Waals surface area contributed by atoms with Crippen LogP contribution in [0.1, 0.15) is 12.8 Å². The van der Waals surface area contributed by atoms with Gasteiger partial charge in [0.15, 0.2) is 0 Å². The summed E-state index contributed by atoms with van der Waals surface area (Å²) < 4.78 is 0. The van der Waals surface area contributed by atoms with E-state index in [4.69, 9.17) is 0 Å². The molecule has 18 heavy (non-hydrogen) atoms. The molecule has 0 saturated heterocycles. The lowest BCUT2D eigenvalue weighted by molar-refractivity contribution is -0.138. The number of hydrogen-bond acceptors (Lipinski definition) is 3. The SMILES string of the molecule is O=C(O)C(Nc1nccc2ccccc12)C1CC1. The summed E-state index contributed by atoms with van der Waals surface area (Å²) in [6.07, 6.45) is 3.67. The fourth-order valence-electron chi connectivity index (χ4n) is 2.19. The summed E-state index contributed by atoms with van der Waals surface area (Å²) in [4.78, 5) is 15.5. The molecule has 1 atom stereocenters. The van der Waals surface area contributed by atoms with Gasteiger partial charge in [0.25, 0.3) is 0 Å². The predicted octanol–water partition coefficient (Wildman–Crippen LogP) is 2.51. The molecule has 1 aromatic heterocycles. The van der Waals surface area contributed by atoms with Crippen LogP contribution in [0, 0.1) is 5.92 Å². The number of anilines is 1. The van der Waals surface area contributed by atoms with Crippen LogP contribution >= 0.6 is 0 Å². The monoisotopic (exact) mass is 242 g/mol. The molecule has 4 nitrogen and oxygen atoms in total. The second-order valence-electron chi connectivity index (χ2n) is 4.68. The van der Waals surface area contributed by atoms with Crippen molar-refractivity contribution in [2.24, 2.45) is 5.92 Å². The number of carboxylic acids is 1. The highest BCUT2D eigenvalue weighted by atomic mass is 16.4. The predicted molar refractivity (Wildman–Crippen MR) is 69.5 cm³/mol. The van der Waals surface area contributed by atoms with Gasteiger partial charge < -0.3 is 10.4 Å². The van der Waals surface area contributed by atoms with E-state index in [1.807, 2.05) is 30.3 Å². The van der Waals surface area contributed by atoms with Crippen molar-refractivity contribution in [3.05, 3.63) is 36.5 Å². The zero-order chi connectivity index (χ0) is 12.5. The summed E-state index contributed by atoms with van der Waals surface area (Å²) >= 11 is 0. The Kier molecular flexibility index (Phi) is 2.63. The lowest BCUT2D eigenvalue weighted by Crippen LogP contribution is -2.31. The molecule has 92 valence electrons. The molecule has 1 heterocycles. The number of fused-ring (bicyclic) bond motifs is 1. The van der Waals surface area contributed by atoms with Crippen LogP contribution in [0.3, 0.4) is 0 Å². The first-order chi connectivity index (χ1) is 8.75. The zero-order valence-electron chi connectivity index (χ0n) is 9.84. The van der Waals surface area contributed by atoms with Crippen molar-refractivity contribution in [2.75, 3.05) is 5.32 Å². The number of carbonyl (C=O) groups is 1. The van der Waals surface area contributed by atoms with Crippen molar-refractivity contribution < 1.29 is 9.90 Å². The number of nitrogens with zero attached hydrogens (tertiary/aromatic N) is 1. The first-order valence-electron chi connectivity index (χ1n) is 6.09.